The average Bonchev–Trinajstić information content (AvgIpc) is 3.17. The highest BCUT2D eigenvalue weighted by atomic mass is 16.5. The van der Waals surface area contributed by atoms with E-state index in [2.05, 4.69) is 47.5 Å². The van der Waals surface area contributed by atoms with Crippen LogP contribution in [0.4, 0.5) is 0 Å². The molecule has 1 N–H and O–H groups in total. The highest BCUT2D eigenvalue weighted by Crippen LogP contribution is 2.18. The Kier molecular flexibility index (Phi) is 5.34. The number of rotatable bonds is 5. The van der Waals surface area contributed by atoms with Crippen LogP contribution in [0.15, 0.2) is 6.20 Å². The zero-order chi connectivity index (χ0) is 16.3. The second kappa shape index (κ2) is 7.28. The lowest BCUT2D eigenvalue weighted by Gasteiger charge is -2.33. The van der Waals surface area contributed by atoms with Gasteiger partial charge in [0, 0.05) is 25.7 Å². The maximum absolute atomic E-state index is 5.48. The van der Waals surface area contributed by atoms with Crippen molar-refractivity contribution in [1.29, 1.82) is 0 Å². The number of aromatic nitrogens is 3. The Balaban J connectivity index is 1.38. The van der Waals surface area contributed by atoms with E-state index in [0.717, 1.165) is 31.4 Å². The maximum atomic E-state index is 5.48. The van der Waals surface area contributed by atoms with Crippen LogP contribution < -0.4 is 5.32 Å². The molecule has 1 aromatic heterocycles. The maximum Gasteiger partial charge on any atom is 0.0965 e. The summed E-state index contributed by atoms with van der Waals surface area (Å²) in [7, 11) is 0. The van der Waals surface area contributed by atoms with Gasteiger partial charge in [-0.1, -0.05) is 5.21 Å². The largest absolute Gasteiger partial charge is 0.381 e. The van der Waals surface area contributed by atoms with Gasteiger partial charge in [0.15, 0.2) is 0 Å². The Morgan fingerprint density at radius 1 is 1.26 bits per heavy atom. The van der Waals surface area contributed by atoms with Gasteiger partial charge in [0.1, 0.15) is 0 Å². The fraction of sp³-hybridized carbons (Fsp3) is 0.882. The fourth-order valence-electron chi connectivity index (χ4n) is 3.37. The lowest BCUT2D eigenvalue weighted by molar-refractivity contribution is 0.147. The fourth-order valence-corrected chi connectivity index (χ4v) is 3.37. The number of hydrogen-bond donors (Lipinski definition) is 1. The molecule has 2 fully saturated rings. The summed E-state index contributed by atoms with van der Waals surface area (Å²) in [6.07, 6.45) is 5.74. The van der Waals surface area contributed by atoms with E-state index in [4.69, 9.17) is 4.74 Å². The first kappa shape index (κ1) is 16.9. The predicted octanol–water partition coefficient (Wildman–Crippen LogP) is 1.62. The minimum atomic E-state index is 0.000539. The van der Waals surface area contributed by atoms with Crippen molar-refractivity contribution in [3.8, 4) is 0 Å². The van der Waals surface area contributed by atoms with Gasteiger partial charge in [-0.25, -0.2) is 4.68 Å². The van der Waals surface area contributed by atoms with Crippen LogP contribution >= 0.6 is 0 Å². The van der Waals surface area contributed by atoms with Crippen molar-refractivity contribution < 1.29 is 4.74 Å². The molecule has 1 atom stereocenters. The van der Waals surface area contributed by atoms with E-state index in [1.165, 1.54) is 38.9 Å². The first-order valence-corrected chi connectivity index (χ1v) is 8.96. The molecule has 6 nitrogen and oxygen atoms in total. The van der Waals surface area contributed by atoms with E-state index in [1.807, 2.05) is 4.68 Å². The molecule has 2 aliphatic rings. The van der Waals surface area contributed by atoms with Gasteiger partial charge < -0.3 is 15.0 Å². The van der Waals surface area contributed by atoms with Crippen molar-refractivity contribution in [3.63, 3.8) is 0 Å². The molecule has 130 valence electrons. The summed E-state index contributed by atoms with van der Waals surface area (Å²) in [5.74, 6) is 0.756. The third-order valence-corrected chi connectivity index (χ3v) is 4.93. The summed E-state index contributed by atoms with van der Waals surface area (Å²) in [5, 5.41) is 12.2. The molecule has 0 unspecified atom stereocenters. The molecular weight excluding hydrogens is 290 g/mol. The Hall–Kier alpha value is -0.980. The molecule has 2 saturated heterocycles. The standard InChI is InChI=1S/C17H31N5O/c1-17(2,3)22-12-16(19-20-22)10-18-15-4-7-21(8-5-15)11-14-6-9-23-13-14/h12,14-15,18H,4-11,13H2,1-3H3/t14-/m1/s1. The molecular formula is C17H31N5O. The average molecular weight is 321 g/mol. The van der Waals surface area contributed by atoms with Gasteiger partial charge in [0.2, 0.25) is 0 Å². The van der Waals surface area contributed by atoms with Crippen LogP contribution in [0.2, 0.25) is 0 Å². The highest BCUT2D eigenvalue weighted by molar-refractivity contribution is 4.95. The van der Waals surface area contributed by atoms with Gasteiger partial charge in [0.25, 0.3) is 0 Å². The molecule has 3 heterocycles. The lowest BCUT2D eigenvalue weighted by atomic mass is 10.0. The summed E-state index contributed by atoms with van der Waals surface area (Å²) < 4.78 is 7.42. The lowest BCUT2D eigenvalue weighted by Crippen LogP contribution is -2.43. The van der Waals surface area contributed by atoms with Crippen molar-refractivity contribution in [3.05, 3.63) is 11.9 Å². The van der Waals surface area contributed by atoms with Crippen molar-refractivity contribution in [2.24, 2.45) is 5.92 Å². The van der Waals surface area contributed by atoms with E-state index in [9.17, 15) is 0 Å². The monoisotopic (exact) mass is 321 g/mol. The first-order chi connectivity index (χ1) is 11.0. The second-order valence-electron chi connectivity index (χ2n) is 8.01. The van der Waals surface area contributed by atoms with Crippen LogP contribution in [0.3, 0.4) is 0 Å². The minimum absolute atomic E-state index is 0.000539. The van der Waals surface area contributed by atoms with E-state index in [0.29, 0.717) is 6.04 Å². The SMILES string of the molecule is CC(C)(C)n1cc(CNC2CCN(C[C@H]3CCOC3)CC2)nn1. The van der Waals surface area contributed by atoms with Crippen molar-refractivity contribution in [1.82, 2.24) is 25.2 Å². The highest BCUT2D eigenvalue weighted by Gasteiger charge is 2.24. The topological polar surface area (TPSA) is 55.2 Å². The van der Waals surface area contributed by atoms with Gasteiger partial charge in [-0.2, -0.15) is 0 Å². The zero-order valence-electron chi connectivity index (χ0n) is 14.8. The number of nitrogens with zero attached hydrogens (tertiary/aromatic N) is 4. The molecule has 0 bridgehead atoms. The van der Waals surface area contributed by atoms with E-state index in [1.54, 1.807) is 0 Å². The minimum Gasteiger partial charge on any atom is -0.381 e. The summed E-state index contributed by atoms with van der Waals surface area (Å²) in [6, 6.07) is 0.603. The van der Waals surface area contributed by atoms with Crippen molar-refractivity contribution >= 4 is 0 Å². The molecule has 2 aliphatic heterocycles. The Morgan fingerprint density at radius 3 is 2.65 bits per heavy atom. The number of hydrogen-bond acceptors (Lipinski definition) is 5. The van der Waals surface area contributed by atoms with Gasteiger partial charge in [0.05, 0.1) is 24.0 Å². The summed E-state index contributed by atoms with van der Waals surface area (Å²) in [6.45, 7) is 12.8. The quantitative estimate of drug-likeness (QED) is 0.893. The van der Waals surface area contributed by atoms with Crippen molar-refractivity contribution in [2.45, 2.75) is 58.2 Å². The molecule has 0 spiro atoms. The molecule has 0 aromatic carbocycles. The normalized spacial score (nSPS) is 24.4. The molecule has 0 radical (unpaired) electrons. The van der Waals surface area contributed by atoms with Crippen molar-refractivity contribution in [2.75, 3.05) is 32.8 Å². The molecule has 23 heavy (non-hydrogen) atoms. The smallest absolute Gasteiger partial charge is 0.0965 e. The summed E-state index contributed by atoms with van der Waals surface area (Å²) in [4.78, 5) is 2.60. The van der Waals surface area contributed by atoms with Crippen LogP contribution in [-0.4, -0.2) is 58.8 Å². The number of nitrogens with one attached hydrogen (secondary N) is 1. The van der Waals surface area contributed by atoms with Gasteiger partial charge in [-0.15, -0.1) is 5.10 Å². The van der Waals surface area contributed by atoms with Crippen LogP contribution in [-0.2, 0) is 16.8 Å². The number of likely N-dealkylation sites (tertiary alicyclic amines) is 1. The molecule has 0 aliphatic carbocycles. The van der Waals surface area contributed by atoms with Crippen LogP contribution in [0, 0.1) is 5.92 Å². The van der Waals surface area contributed by atoms with E-state index >= 15 is 0 Å². The molecule has 1 aromatic rings. The molecule has 0 saturated carbocycles. The van der Waals surface area contributed by atoms with Crippen LogP contribution in [0.1, 0.15) is 45.7 Å². The molecule has 6 heteroatoms. The third-order valence-electron chi connectivity index (χ3n) is 4.93. The van der Waals surface area contributed by atoms with Crippen LogP contribution in [0.25, 0.3) is 0 Å². The molecule has 0 amide bonds. The Bertz CT molecular complexity index is 481. The number of piperidine rings is 1. The summed E-state index contributed by atoms with van der Waals surface area (Å²) in [5.41, 5.74) is 1.03. The third kappa shape index (κ3) is 4.75. The predicted molar refractivity (Wildman–Crippen MR) is 90.2 cm³/mol. The molecule has 3 rings (SSSR count). The Morgan fingerprint density at radius 2 is 2.04 bits per heavy atom. The van der Waals surface area contributed by atoms with E-state index < -0.39 is 0 Å². The number of ether oxygens (including phenoxy) is 1. The van der Waals surface area contributed by atoms with Gasteiger partial charge in [-0.3, -0.25) is 0 Å². The first-order valence-electron chi connectivity index (χ1n) is 8.96. The second-order valence-corrected chi connectivity index (χ2v) is 8.01. The van der Waals surface area contributed by atoms with Gasteiger partial charge in [-0.05, 0) is 59.0 Å². The van der Waals surface area contributed by atoms with Gasteiger partial charge >= 0.3 is 0 Å². The zero-order valence-corrected chi connectivity index (χ0v) is 14.8. The van der Waals surface area contributed by atoms with E-state index in [-0.39, 0.29) is 5.54 Å². The summed E-state index contributed by atoms with van der Waals surface area (Å²) >= 11 is 0. The Labute approximate surface area is 139 Å². The van der Waals surface area contributed by atoms with Crippen LogP contribution in [0.5, 0.6) is 0 Å².